The Labute approximate surface area is 139 Å². The minimum Gasteiger partial charge on any atom is -0.351 e. The number of fused-ring (bicyclic) bond motifs is 1. The van der Waals surface area contributed by atoms with E-state index in [1.165, 1.54) is 0 Å². The van der Waals surface area contributed by atoms with Gasteiger partial charge in [0.25, 0.3) is 5.91 Å². The zero-order valence-electron chi connectivity index (χ0n) is 13.1. The lowest BCUT2D eigenvalue weighted by Gasteiger charge is -2.19. The molecule has 1 saturated heterocycles. The minimum absolute atomic E-state index is 0.0994. The number of H-pyrrole nitrogens is 1. The highest BCUT2D eigenvalue weighted by Crippen LogP contribution is 2.29. The maximum absolute atomic E-state index is 12.6. The van der Waals surface area contributed by atoms with E-state index in [1.807, 2.05) is 54.6 Å². The molecule has 1 aliphatic heterocycles. The Balaban J connectivity index is 1.63. The molecule has 0 atom stereocenters. The second-order valence-electron chi connectivity index (χ2n) is 5.89. The lowest BCUT2D eigenvalue weighted by molar-refractivity contribution is -0.117. The lowest BCUT2D eigenvalue weighted by Crippen LogP contribution is -2.25. The molecule has 24 heavy (non-hydrogen) atoms. The highest BCUT2D eigenvalue weighted by molar-refractivity contribution is 6.09. The third kappa shape index (κ3) is 2.54. The summed E-state index contributed by atoms with van der Waals surface area (Å²) < 4.78 is 0. The maximum Gasteiger partial charge on any atom is 0.272 e. The number of amides is 2. The van der Waals surface area contributed by atoms with Crippen LogP contribution in [0.1, 0.15) is 23.3 Å². The molecule has 120 valence electrons. The summed E-state index contributed by atoms with van der Waals surface area (Å²) in [4.78, 5) is 29.5. The Morgan fingerprint density at radius 1 is 1.08 bits per heavy atom. The van der Waals surface area contributed by atoms with Crippen LogP contribution in [0.4, 0.5) is 11.4 Å². The van der Waals surface area contributed by atoms with Crippen molar-refractivity contribution in [3.8, 4) is 0 Å². The number of nitrogens with zero attached hydrogens (tertiary/aromatic N) is 1. The average molecular weight is 319 g/mol. The van der Waals surface area contributed by atoms with Crippen LogP contribution in [0.25, 0.3) is 10.9 Å². The van der Waals surface area contributed by atoms with E-state index in [2.05, 4.69) is 10.3 Å². The summed E-state index contributed by atoms with van der Waals surface area (Å²) in [6.07, 6.45) is 1.41. The normalized spacial score (nSPS) is 14.3. The second-order valence-corrected chi connectivity index (χ2v) is 5.89. The van der Waals surface area contributed by atoms with Crippen LogP contribution in [0.5, 0.6) is 0 Å². The number of hydrogen-bond acceptors (Lipinski definition) is 2. The van der Waals surface area contributed by atoms with Gasteiger partial charge in [-0.3, -0.25) is 9.59 Å². The number of carbonyl (C=O) groups is 2. The molecule has 2 heterocycles. The molecular formula is C19H17N3O2. The monoisotopic (exact) mass is 319 g/mol. The predicted molar refractivity (Wildman–Crippen MR) is 94.3 cm³/mol. The van der Waals surface area contributed by atoms with E-state index in [-0.39, 0.29) is 11.8 Å². The summed E-state index contributed by atoms with van der Waals surface area (Å²) in [7, 11) is 0. The molecule has 2 N–H and O–H groups in total. The lowest BCUT2D eigenvalue weighted by atomic mass is 10.2. The van der Waals surface area contributed by atoms with E-state index < -0.39 is 0 Å². The first kappa shape index (κ1) is 14.5. The van der Waals surface area contributed by atoms with E-state index in [4.69, 9.17) is 0 Å². The van der Waals surface area contributed by atoms with E-state index in [0.29, 0.717) is 24.3 Å². The van der Waals surface area contributed by atoms with E-state index in [9.17, 15) is 9.59 Å². The fourth-order valence-electron chi connectivity index (χ4n) is 3.10. The number of nitrogens with one attached hydrogen (secondary N) is 2. The fourth-order valence-corrected chi connectivity index (χ4v) is 3.10. The van der Waals surface area contributed by atoms with Gasteiger partial charge in [-0.05, 0) is 30.7 Å². The molecule has 0 aliphatic carbocycles. The van der Waals surface area contributed by atoms with Gasteiger partial charge in [-0.2, -0.15) is 0 Å². The molecule has 1 fully saturated rings. The molecule has 3 aromatic rings. The van der Waals surface area contributed by atoms with Gasteiger partial charge in [0, 0.05) is 23.9 Å². The van der Waals surface area contributed by atoms with Gasteiger partial charge < -0.3 is 15.2 Å². The summed E-state index contributed by atoms with van der Waals surface area (Å²) in [5.41, 5.74) is 2.82. The van der Waals surface area contributed by atoms with Gasteiger partial charge in [0.05, 0.1) is 11.4 Å². The molecule has 5 heteroatoms. The largest absolute Gasteiger partial charge is 0.351 e. The van der Waals surface area contributed by atoms with Gasteiger partial charge in [0.1, 0.15) is 5.69 Å². The summed E-state index contributed by atoms with van der Waals surface area (Å²) >= 11 is 0. The predicted octanol–water partition coefficient (Wildman–Crippen LogP) is 3.55. The molecule has 0 spiro atoms. The quantitative estimate of drug-likeness (QED) is 0.775. The van der Waals surface area contributed by atoms with Crippen LogP contribution < -0.4 is 10.2 Å². The van der Waals surface area contributed by atoms with Crippen LogP contribution in [0.3, 0.4) is 0 Å². The van der Waals surface area contributed by atoms with E-state index >= 15 is 0 Å². The van der Waals surface area contributed by atoms with Crippen LogP contribution in [-0.2, 0) is 4.79 Å². The van der Waals surface area contributed by atoms with Crippen LogP contribution in [0.2, 0.25) is 0 Å². The summed E-state index contributed by atoms with van der Waals surface area (Å²) in [6, 6.07) is 17.0. The SMILES string of the molecule is O=C(Nc1ccccc1N1CCCC1=O)c1cc2ccccc2[nH]1. The molecule has 0 radical (unpaired) electrons. The zero-order valence-corrected chi connectivity index (χ0v) is 13.1. The minimum atomic E-state index is -0.217. The Bertz CT molecular complexity index is 896. The molecule has 2 amide bonds. The molecule has 1 aliphatic rings. The van der Waals surface area contributed by atoms with Crippen molar-refractivity contribution < 1.29 is 9.59 Å². The second kappa shape index (κ2) is 5.85. The number of para-hydroxylation sites is 3. The summed E-state index contributed by atoms with van der Waals surface area (Å²) in [6.45, 7) is 0.693. The zero-order chi connectivity index (χ0) is 16.5. The molecule has 2 aromatic carbocycles. The topological polar surface area (TPSA) is 65.2 Å². The number of anilines is 2. The van der Waals surface area contributed by atoms with Crippen LogP contribution >= 0.6 is 0 Å². The summed E-state index contributed by atoms with van der Waals surface area (Å²) in [5.74, 6) is -0.118. The van der Waals surface area contributed by atoms with Crippen molar-refractivity contribution in [3.63, 3.8) is 0 Å². The van der Waals surface area contributed by atoms with Crippen molar-refractivity contribution in [1.82, 2.24) is 4.98 Å². The number of aromatic amines is 1. The fraction of sp³-hybridized carbons (Fsp3) is 0.158. The number of aromatic nitrogens is 1. The first-order valence-electron chi connectivity index (χ1n) is 8.01. The molecule has 1 aromatic heterocycles. The first-order valence-corrected chi connectivity index (χ1v) is 8.01. The maximum atomic E-state index is 12.6. The molecule has 0 unspecified atom stereocenters. The average Bonchev–Trinajstić information content (AvgIpc) is 3.21. The van der Waals surface area contributed by atoms with Crippen molar-refractivity contribution in [1.29, 1.82) is 0 Å². The first-order chi connectivity index (χ1) is 11.7. The van der Waals surface area contributed by atoms with Gasteiger partial charge in [-0.15, -0.1) is 0 Å². The Hall–Kier alpha value is -3.08. The molecule has 4 rings (SSSR count). The molecule has 5 nitrogen and oxygen atoms in total. The third-order valence-corrected chi connectivity index (χ3v) is 4.29. The van der Waals surface area contributed by atoms with Crippen LogP contribution in [0, 0.1) is 0 Å². The van der Waals surface area contributed by atoms with Gasteiger partial charge in [0.2, 0.25) is 5.91 Å². The van der Waals surface area contributed by atoms with E-state index in [1.54, 1.807) is 4.90 Å². The third-order valence-electron chi connectivity index (χ3n) is 4.29. The molecule has 0 saturated carbocycles. The highest BCUT2D eigenvalue weighted by atomic mass is 16.2. The number of hydrogen-bond donors (Lipinski definition) is 2. The molecule has 0 bridgehead atoms. The van der Waals surface area contributed by atoms with Crippen molar-refractivity contribution in [2.75, 3.05) is 16.8 Å². The number of carbonyl (C=O) groups excluding carboxylic acids is 2. The van der Waals surface area contributed by atoms with Crippen molar-refractivity contribution in [2.45, 2.75) is 12.8 Å². The Morgan fingerprint density at radius 2 is 1.88 bits per heavy atom. The van der Waals surface area contributed by atoms with Gasteiger partial charge in [-0.25, -0.2) is 0 Å². The van der Waals surface area contributed by atoms with Gasteiger partial charge in [0.15, 0.2) is 0 Å². The van der Waals surface area contributed by atoms with Crippen molar-refractivity contribution in [3.05, 3.63) is 60.3 Å². The van der Waals surface area contributed by atoms with Crippen molar-refractivity contribution >= 4 is 34.1 Å². The highest BCUT2D eigenvalue weighted by Gasteiger charge is 2.24. The smallest absolute Gasteiger partial charge is 0.272 e. The van der Waals surface area contributed by atoms with E-state index in [0.717, 1.165) is 23.0 Å². The van der Waals surface area contributed by atoms with Gasteiger partial charge >= 0.3 is 0 Å². The number of benzene rings is 2. The van der Waals surface area contributed by atoms with Crippen molar-refractivity contribution in [2.24, 2.45) is 0 Å². The Morgan fingerprint density at radius 3 is 2.67 bits per heavy atom. The summed E-state index contributed by atoms with van der Waals surface area (Å²) in [5, 5.41) is 3.91. The van der Waals surface area contributed by atoms with Crippen LogP contribution in [-0.4, -0.2) is 23.3 Å². The van der Waals surface area contributed by atoms with Gasteiger partial charge in [-0.1, -0.05) is 30.3 Å². The van der Waals surface area contributed by atoms with Crippen LogP contribution in [0.15, 0.2) is 54.6 Å². The standard InChI is InChI=1S/C19H17N3O2/c23-18-10-5-11-22(18)17-9-4-3-8-15(17)21-19(24)16-12-13-6-1-2-7-14(13)20-16/h1-4,6-9,12,20H,5,10-11H2,(H,21,24). The Kier molecular flexibility index (Phi) is 3.54. The number of rotatable bonds is 3. The molecular weight excluding hydrogens is 302 g/mol.